The number of urea groups is 1. The Morgan fingerprint density at radius 3 is 2.61 bits per heavy atom. The molecule has 0 radical (unpaired) electrons. The van der Waals surface area contributed by atoms with E-state index in [0.717, 1.165) is 39.4 Å². The van der Waals surface area contributed by atoms with Crippen molar-refractivity contribution < 1.29 is 14.3 Å². The summed E-state index contributed by atoms with van der Waals surface area (Å²) in [6.07, 6.45) is -0.295. The van der Waals surface area contributed by atoms with E-state index < -0.39 is 0 Å². The Hall–Kier alpha value is -3.47. The van der Waals surface area contributed by atoms with Crippen molar-refractivity contribution in [2.75, 3.05) is 26.5 Å². The topological polar surface area (TPSA) is 50.8 Å². The molecule has 0 saturated heterocycles. The van der Waals surface area contributed by atoms with Crippen molar-refractivity contribution in [2.24, 2.45) is 0 Å². The Morgan fingerprint density at radius 2 is 1.82 bits per heavy atom. The van der Waals surface area contributed by atoms with Crippen LogP contribution >= 0.6 is 0 Å². The molecule has 3 aromatic rings. The van der Waals surface area contributed by atoms with Crippen LogP contribution in [0.2, 0.25) is 0 Å². The van der Waals surface area contributed by atoms with Crippen LogP contribution < -0.4 is 14.8 Å². The summed E-state index contributed by atoms with van der Waals surface area (Å²) in [5.41, 5.74) is 4.86. The molecule has 1 heterocycles. The van der Waals surface area contributed by atoms with Gasteiger partial charge in [-0.1, -0.05) is 36.4 Å². The number of hydrogen-bond donors (Lipinski definition) is 1. The van der Waals surface area contributed by atoms with E-state index in [4.69, 9.17) is 9.47 Å². The van der Waals surface area contributed by atoms with Gasteiger partial charge in [0.05, 0.1) is 7.11 Å². The highest BCUT2D eigenvalue weighted by Crippen LogP contribution is 2.45. The van der Waals surface area contributed by atoms with Gasteiger partial charge in [-0.15, -0.1) is 0 Å². The number of benzene rings is 3. The number of fused-ring (bicyclic) bond motifs is 3. The van der Waals surface area contributed by atoms with E-state index in [0.29, 0.717) is 0 Å². The Bertz CT molecular complexity index is 1030. The van der Waals surface area contributed by atoms with Crippen LogP contribution in [0.3, 0.4) is 0 Å². The Balaban J connectivity index is 1.82. The van der Waals surface area contributed by atoms with Gasteiger partial charge >= 0.3 is 6.03 Å². The summed E-state index contributed by atoms with van der Waals surface area (Å²) < 4.78 is 11.8. The lowest BCUT2D eigenvalue weighted by Crippen LogP contribution is -2.27. The van der Waals surface area contributed by atoms with Gasteiger partial charge in [0.1, 0.15) is 17.6 Å². The van der Waals surface area contributed by atoms with Gasteiger partial charge in [-0.05, 0) is 35.9 Å². The number of ether oxygens (including phenoxy) is 2. The monoisotopic (exact) mass is 374 g/mol. The van der Waals surface area contributed by atoms with E-state index in [2.05, 4.69) is 5.32 Å². The van der Waals surface area contributed by atoms with Crippen LogP contribution in [0.4, 0.5) is 10.5 Å². The van der Waals surface area contributed by atoms with Crippen LogP contribution in [0.25, 0.3) is 11.1 Å². The molecule has 2 amide bonds. The van der Waals surface area contributed by atoms with E-state index in [1.165, 1.54) is 4.90 Å². The maximum absolute atomic E-state index is 12.1. The van der Waals surface area contributed by atoms with E-state index >= 15 is 0 Å². The van der Waals surface area contributed by atoms with Crippen molar-refractivity contribution in [3.8, 4) is 22.6 Å². The van der Waals surface area contributed by atoms with Gasteiger partial charge in [0.2, 0.25) is 0 Å². The average molecular weight is 374 g/mol. The van der Waals surface area contributed by atoms with E-state index in [1.54, 1.807) is 21.2 Å². The lowest BCUT2D eigenvalue weighted by molar-refractivity contribution is 0.230. The predicted molar refractivity (Wildman–Crippen MR) is 110 cm³/mol. The molecule has 4 rings (SSSR count). The molecule has 0 aromatic heterocycles. The van der Waals surface area contributed by atoms with E-state index in [-0.39, 0.29) is 12.1 Å². The molecule has 0 bridgehead atoms. The second-order valence-electron chi connectivity index (χ2n) is 6.90. The summed E-state index contributed by atoms with van der Waals surface area (Å²) in [4.78, 5) is 13.6. The fourth-order valence-corrected chi connectivity index (χ4v) is 3.37. The fourth-order valence-electron chi connectivity index (χ4n) is 3.37. The van der Waals surface area contributed by atoms with Crippen LogP contribution in [0.1, 0.15) is 17.2 Å². The summed E-state index contributed by atoms with van der Waals surface area (Å²) in [6, 6.07) is 21.6. The van der Waals surface area contributed by atoms with Crippen molar-refractivity contribution in [3.05, 3.63) is 77.9 Å². The number of para-hydroxylation sites is 1. The molecular weight excluding hydrogens is 352 g/mol. The van der Waals surface area contributed by atoms with Gasteiger partial charge in [0.15, 0.2) is 0 Å². The summed E-state index contributed by atoms with van der Waals surface area (Å²) >= 11 is 0. The molecule has 0 spiro atoms. The lowest BCUT2D eigenvalue weighted by Gasteiger charge is -2.30. The number of anilines is 1. The van der Waals surface area contributed by atoms with Crippen molar-refractivity contribution in [1.29, 1.82) is 0 Å². The molecule has 1 atom stereocenters. The molecule has 0 aliphatic carbocycles. The van der Waals surface area contributed by atoms with Crippen LogP contribution in [0.15, 0.2) is 66.7 Å². The minimum absolute atomic E-state index is 0.171. The normalized spacial score (nSPS) is 14.3. The van der Waals surface area contributed by atoms with E-state index in [9.17, 15) is 4.79 Å². The number of amides is 2. The second kappa shape index (κ2) is 7.27. The molecule has 5 heteroatoms. The predicted octanol–water partition coefficient (Wildman–Crippen LogP) is 4.94. The first-order valence-electron chi connectivity index (χ1n) is 9.09. The zero-order chi connectivity index (χ0) is 19.7. The van der Waals surface area contributed by atoms with Crippen LogP contribution in [-0.4, -0.2) is 32.1 Å². The Kier molecular flexibility index (Phi) is 4.65. The highest BCUT2D eigenvalue weighted by atomic mass is 16.5. The third-order valence-electron chi connectivity index (χ3n) is 4.81. The summed E-state index contributed by atoms with van der Waals surface area (Å²) in [7, 11) is 5.08. The van der Waals surface area contributed by atoms with Gasteiger partial charge in [-0.25, -0.2) is 4.79 Å². The van der Waals surface area contributed by atoms with Crippen molar-refractivity contribution in [2.45, 2.75) is 6.10 Å². The first kappa shape index (κ1) is 17.9. The number of carbonyl (C=O) groups excluding carboxylic acids is 1. The van der Waals surface area contributed by atoms with Gasteiger partial charge in [0, 0.05) is 36.5 Å². The SMILES string of the molecule is COc1cccc(C2Oc3ccccc3-c3ccc(NC(=O)N(C)C)cc32)c1. The summed E-state index contributed by atoms with van der Waals surface area (Å²) in [6.45, 7) is 0. The zero-order valence-corrected chi connectivity index (χ0v) is 16.1. The Labute approximate surface area is 164 Å². The quantitative estimate of drug-likeness (QED) is 0.707. The number of rotatable bonds is 3. The Morgan fingerprint density at radius 1 is 1.00 bits per heavy atom. The zero-order valence-electron chi connectivity index (χ0n) is 16.1. The third kappa shape index (κ3) is 3.27. The number of hydrogen-bond acceptors (Lipinski definition) is 3. The van der Waals surface area contributed by atoms with Crippen molar-refractivity contribution >= 4 is 11.7 Å². The number of nitrogens with zero attached hydrogens (tertiary/aromatic N) is 1. The molecule has 1 unspecified atom stereocenters. The van der Waals surface area contributed by atoms with Gasteiger partial charge in [-0.2, -0.15) is 0 Å². The van der Waals surface area contributed by atoms with Gasteiger partial charge < -0.3 is 19.7 Å². The molecular formula is C23H22N2O3. The highest BCUT2D eigenvalue weighted by molar-refractivity contribution is 5.90. The van der Waals surface area contributed by atoms with Gasteiger partial charge in [0.25, 0.3) is 0 Å². The highest BCUT2D eigenvalue weighted by Gasteiger charge is 2.28. The van der Waals surface area contributed by atoms with Crippen molar-refractivity contribution in [1.82, 2.24) is 4.90 Å². The molecule has 1 aliphatic rings. The fraction of sp³-hybridized carbons (Fsp3) is 0.174. The molecule has 1 N–H and O–H groups in total. The number of carbonyl (C=O) groups is 1. The summed E-state index contributed by atoms with van der Waals surface area (Å²) in [5.74, 6) is 1.62. The number of methoxy groups -OCH3 is 1. The van der Waals surface area contributed by atoms with E-state index in [1.807, 2.05) is 66.7 Å². The molecule has 3 aromatic carbocycles. The minimum atomic E-state index is -0.295. The number of nitrogens with one attached hydrogen (secondary N) is 1. The maximum Gasteiger partial charge on any atom is 0.321 e. The second-order valence-corrected chi connectivity index (χ2v) is 6.90. The first-order chi connectivity index (χ1) is 13.6. The van der Waals surface area contributed by atoms with Crippen molar-refractivity contribution in [3.63, 3.8) is 0 Å². The molecule has 142 valence electrons. The molecule has 5 nitrogen and oxygen atoms in total. The standard InChI is InChI=1S/C23H22N2O3/c1-25(2)23(26)24-16-11-12-18-19-9-4-5-10-21(19)28-22(20(18)14-16)15-7-6-8-17(13-15)27-3/h4-14,22H,1-3H3,(H,24,26). The van der Waals surface area contributed by atoms with Crippen LogP contribution in [-0.2, 0) is 0 Å². The minimum Gasteiger partial charge on any atom is -0.497 e. The van der Waals surface area contributed by atoms with Crippen LogP contribution in [0, 0.1) is 0 Å². The molecule has 28 heavy (non-hydrogen) atoms. The lowest BCUT2D eigenvalue weighted by atomic mass is 9.89. The first-order valence-corrected chi connectivity index (χ1v) is 9.09. The molecule has 1 aliphatic heterocycles. The molecule has 0 fully saturated rings. The smallest absolute Gasteiger partial charge is 0.321 e. The average Bonchev–Trinajstić information content (AvgIpc) is 2.73. The third-order valence-corrected chi connectivity index (χ3v) is 4.81. The largest absolute Gasteiger partial charge is 0.497 e. The van der Waals surface area contributed by atoms with Gasteiger partial charge in [-0.3, -0.25) is 0 Å². The summed E-state index contributed by atoms with van der Waals surface area (Å²) in [5, 5.41) is 2.92. The van der Waals surface area contributed by atoms with Crippen LogP contribution in [0.5, 0.6) is 11.5 Å². The maximum atomic E-state index is 12.1. The molecule has 0 saturated carbocycles.